The van der Waals surface area contributed by atoms with Crippen LogP contribution in [0.5, 0.6) is 0 Å². The SMILES string of the molecule is CC(=O)SCC#Cc1ccnc(C)c1. The van der Waals surface area contributed by atoms with E-state index in [9.17, 15) is 4.79 Å². The first kappa shape index (κ1) is 10.8. The van der Waals surface area contributed by atoms with Crippen LogP contribution in [0.15, 0.2) is 18.3 Å². The Hall–Kier alpha value is -1.27. The minimum absolute atomic E-state index is 0.102. The van der Waals surface area contributed by atoms with Gasteiger partial charge in [0.05, 0.1) is 5.75 Å². The molecular formula is C11H11NOS. The van der Waals surface area contributed by atoms with Crippen LogP contribution >= 0.6 is 11.8 Å². The third-order valence-corrected chi connectivity index (χ3v) is 2.17. The normalized spacial score (nSPS) is 9.00. The zero-order chi connectivity index (χ0) is 10.4. The van der Waals surface area contributed by atoms with Crippen molar-refractivity contribution in [3.05, 3.63) is 29.6 Å². The molecule has 0 aliphatic heterocycles. The highest BCUT2D eigenvalue weighted by Crippen LogP contribution is 2.00. The van der Waals surface area contributed by atoms with Crippen molar-refractivity contribution in [2.45, 2.75) is 13.8 Å². The highest BCUT2D eigenvalue weighted by Gasteiger charge is 1.90. The summed E-state index contributed by atoms with van der Waals surface area (Å²) in [6.07, 6.45) is 1.73. The Balaban J connectivity index is 2.55. The zero-order valence-corrected chi connectivity index (χ0v) is 9.02. The van der Waals surface area contributed by atoms with Gasteiger partial charge >= 0.3 is 0 Å². The minimum atomic E-state index is 0.102. The van der Waals surface area contributed by atoms with E-state index in [0.29, 0.717) is 5.75 Å². The van der Waals surface area contributed by atoms with Crippen molar-refractivity contribution in [3.8, 4) is 11.8 Å². The number of carbonyl (C=O) groups is 1. The Morgan fingerprint density at radius 1 is 1.64 bits per heavy atom. The molecule has 1 aromatic rings. The quantitative estimate of drug-likeness (QED) is 0.657. The fraction of sp³-hybridized carbons (Fsp3) is 0.273. The molecule has 0 radical (unpaired) electrons. The van der Waals surface area contributed by atoms with Gasteiger partial charge in [0, 0.05) is 24.4 Å². The molecule has 2 nitrogen and oxygen atoms in total. The second-order valence-corrected chi connectivity index (χ2v) is 3.92. The summed E-state index contributed by atoms with van der Waals surface area (Å²) < 4.78 is 0. The summed E-state index contributed by atoms with van der Waals surface area (Å²) in [5.74, 6) is 6.45. The number of aryl methyl sites for hydroxylation is 1. The minimum Gasteiger partial charge on any atom is -0.288 e. The van der Waals surface area contributed by atoms with Crippen molar-refractivity contribution in [1.82, 2.24) is 4.98 Å². The molecule has 0 aliphatic rings. The van der Waals surface area contributed by atoms with Crippen molar-refractivity contribution in [1.29, 1.82) is 0 Å². The highest BCUT2D eigenvalue weighted by atomic mass is 32.2. The van der Waals surface area contributed by atoms with Gasteiger partial charge in [-0.2, -0.15) is 0 Å². The van der Waals surface area contributed by atoms with Gasteiger partial charge in [-0.05, 0) is 19.1 Å². The molecule has 0 unspecified atom stereocenters. The van der Waals surface area contributed by atoms with Gasteiger partial charge in [-0.1, -0.05) is 23.6 Å². The monoisotopic (exact) mass is 205 g/mol. The van der Waals surface area contributed by atoms with Crippen molar-refractivity contribution in [3.63, 3.8) is 0 Å². The van der Waals surface area contributed by atoms with Gasteiger partial charge in [0.25, 0.3) is 0 Å². The molecular weight excluding hydrogens is 194 g/mol. The predicted molar refractivity (Wildman–Crippen MR) is 59.0 cm³/mol. The molecule has 3 heteroatoms. The zero-order valence-electron chi connectivity index (χ0n) is 8.20. The topological polar surface area (TPSA) is 30.0 Å². The molecule has 0 aromatic carbocycles. The average molecular weight is 205 g/mol. The molecule has 0 saturated carbocycles. The molecule has 1 rings (SSSR count). The molecule has 0 amide bonds. The lowest BCUT2D eigenvalue weighted by atomic mass is 10.2. The molecule has 0 bridgehead atoms. The summed E-state index contributed by atoms with van der Waals surface area (Å²) in [5.41, 5.74) is 1.90. The van der Waals surface area contributed by atoms with Crippen LogP contribution in [0, 0.1) is 18.8 Å². The predicted octanol–water partition coefficient (Wildman–Crippen LogP) is 2.02. The summed E-state index contributed by atoms with van der Waals surface area (Å²) >= 11 is 1.23. The van der Waals surface area contributed by atoms with E-state index in [2.05, 4.69) is 16.8 Å². The van der Waals surface area contributed by atoms with Crippen LogP contribution < -0.4 is 0 Å². The molecule has 14 heavy (non-hydrogen) atoms. The lowest BCUT2D eigenvalue weighted by Gasteiger charge is -1.91. The van der Waals surface area contributed by atoms with E-state index in [1.807, 2.05) is 19.1 Å². The first-order chi connectivity index (χ1) is 6.68. The Labute approximate surface area is 88.1 Å². The largest absolute Gasteiger partial charge is 0.288 e. The van der Waals surface area contributed by atoms with Gasteiger partial charge in [-0.25, -0.2) is 0 Å². The molecule has 0 N–H and O–H groups in total. The molecule has 0 fully saturated rings. The van der Waals surface area contributed by atoms with Gasteiger partial charge in [0.15, 0.2) is 5.12 Å². The molecule has 1 heterocycles. The lowest BCUT2D eigenvalue weighted by molar-refractivity contribution is -0.109. The number of hydrogen-bond donors (Lipinski definition) is 0. The number of rotatable bonds is 1. The molecule has 0 aliphatic carbocycles. The lowest BCUT2D eigenvalue weighted by Crippen LogP contribution is -1.84. The average Bonchev–Trinajstić information content (AvgIpc) is 2.12. The van der Waals surface area contributed by atoms with Gasteiger partial charge in [0.2, 0.25) is 0 Å². The maximum atomic E-state index is 10.6. The number of carbonyl (C=O) groups excluding carboxylic acids is 1. The van der Waals surface area contributed by atoms with Crippen LogP contribution in [0.2, 0.25) is 0 Å². The van der Waals surface area contributed by atoms with Crippen molar-refractivity contribution >= 4 is 16.9 Å². The third kappa shape index (κ3) is 4.11. The number of thioether (sulfide) groups is 1. The molecule has 0 atom stereocenters. The van der Waals surface area contributed by atoms with Gasteiger partial charge in [-0.15, -0.1) is 0 Å². The second-order valence-electron chi connectivity index (χ2n) is 2.77. The van der Waals surface area contributed by atoms with Crippen LogP contribution in [-0.4, -0.2) is 15.9 Å². The van der Waals surface area contributed by atoms with Crippen LogP contribution in [0.25, 0.3) is 0 Å². The summed E-state index contributed by atoms with van der Waals surface area (Å²) in [5, 5.41) is 0.102. The van der Waals surface area contributed by atoms with E-state index in [1.54, 1.807) is 13.1 Å². The first-order valence-electron chi connectivity index (χ1n) is 4.23. The Bertz CT molecular complexity index is 390. The van der Waals surface area contributed by atoms with Crippen molar-refractivity contribution in [2.24, 2.45) is 0 Å². The number of pyridine rings is 1. The Morgan fingerprint density at radius 3 is 3.07 bits per heavy atom. The second kappa shape index (κ2) is 5.46. The standard InChI is InChI=1S/C11H11NOS/c1-9-8-11(5-6-12-9)4-3-7-14-10(2)13/h5-6,8H,7H2,1-2H3. The number of nitrogens with zero attached hydrogens (tertiary/aromatic N) is 1. The van der Waals surface area contributed by atoms with Crippen molar-refractivity contribution in [2.75, 3.05) is 5.75 Å². The van der Waals surface area contributed by atoms with E-state index in [4.69, 9.17) is 0 Å². The van der Waals surface area contributed by atoms with Crippen LogP contribution in [-0.2, 0) is 4.79 Å². The summed E-state index contributed by atoms with van der Waals surface area (Å²) in [6, 6.07) is 3.78. The maximum Gasteiger partial charge on any atom is 0.186 e. The molecule has 0 saturated heterocycles. The Kier molecular flexibility index (Phi) is 4.21. The highest BCUT2D eigenvalue weighted by molar-refractivity contribution is 8.13. The summed E-state index contributed by atoms with van der Waals surface area (Å²) in [4.78, 5) is 14.7. The van der Waals surface area contributed by atoms with Crippen molar-refractivity contribution < 1.29 is 4.79 Å². The van der Waals surface area contributed by atoms with E-state index < -0.39 is 0 Å². The van der Waals surface area contributed by atoms with Gasteiger partial charge in [0.1, 0.15) is 0 Å². The maximum absolute atomic E-state index is 10.6. The van der Waals surface area contributed by atoms with E-state index in [0.717, 1.165) is 11.3 Å². The van der Waals surface area contributed by atoms with Crippen LogP contribution in [0.1, 0.15) is 18.2 Å². The van der Waals surface area contributed by atoms with E-state index in [-0.39, 0.29) is 5.12 Å². The van der Waals surface area contributed by atoms with Crippen LogP contribution in [0.3, 0.4) is 0 Å². The first-order valence-corrected chi connectivity index (χ1v) is 5.22. The van der Waals surface area contributed by atoms with Gasteiger partial charge in [-0.3, -0.25) is 9.78 Å². The van der Waals surface area contributed by atoms with Crippen LogP contribution in [0.4, 0.5) is 0 Å². The fourth-order valence-corrected chi connectivity index (χ4v) is 1.25. The Morgan fingerprint density at radius 2 is 2.43 bits per heavy atom. The molecule has 72 valence electrons. The van der Waals surface area contributed by atoms with E-state index >= 15 is 0 Å². The fourth-order valence-electron chi connectivity index (χ4n) is 0.899. The molecule has 1 aromatic heterocycles. The number of hydrogen-bond acceptors (Lipinski definition) is 3. The number of aromatic nitrogens is 1. The third-order valence-electron chi connectivity index (χ3n) is 1.48. The summed E-state index contributed by atoms with van der Waals surface area (Å²) in [7, 11) is 0. The summed E-state index contributed by atoms with van der Waals surface area (Å²) in [6.45, 7) is 3.47. The smallest absolute Gasteiger partial charge is 0.186 e. The molecule has 0 spiro atoms. The van der Waals surface area contributed by atoms with Gasteiger partial charge < -0.3 is 0 Å². The van der Waals surface area contributed by atoms with E-state index in [1.165, 1.54) is 11.8 Å².